The molecule has 0 saturated carbocycles. The largest absolute Gasteiger partial charge is 0.476 e. The normalized spacial score (nSPS) is 14.1. The van der Waals surface area contributed by atoms with Crippen molar-refractivity contribution in [1.29, 1.82) is 0 Å². The summed E-state index contributed by atoms with van der Waals surface area (Å²) in [6.45, 7) is 8.08. The van der Waals surface area contributed by atoms with Crippen LogP contribution < -0.4 is 16.4 Å². The number of carboxylic acid groups (broad SMARTS) is 1. The van der Waals surface area contributed by atoms with Gasteiger partial charge < -0.3 is 21.5 Å². The highest BCUT2D eigenvalue weighted by Crippen LogP contribution is 2.33. The topological polar surface area (TPSA) is 118 Å². The van der Waals surface area contributed by atoms with Crippen molar-refractivity contribution in [1.82, 2.24) is 4.98 Å². The number of thioether (sulfide) groups is 1. The molecular weight excluding hydrogens is 494 g/mol. The first-order valence-corrected chi connectivity index (χ1v) is 13.8. The van der Waals surface area contributed by atoms with Gasteiger partial charge in [0.15, 0.2) is 5.69 Å². The van der Waals surface area contributed by atoms with Gasteiger partial charge in [-0.05, 0) is 60.2 Å². The van der Waals surface area contributed by atoms with Crippen molar-refractivity contribution < 1.29 is 9.90 Å². The van der Waals surface area contributed by atoms with E-state index in [9.17, 15) is 9.90 Å². The zero-order valence-corrected chi connectivity index (χ0v) is 23.0. The number of hydrogen-bond donors (Lipinski definition) is 3. The molecule has 4 rings (SSSR count). The van der Waals surface area contributed by atoms with E-state index in [4.69, 9.17) is 11.5 Å². The number of hydrogen-bond acceptors (Lipinski definition) is 7. The van der Waals surface area contributed by atoms with E-state index in [0.29, 0.717) is 41.7 Å². The van der Waals surface area contributed by atoms with Crippen LogP contribution in [-0.2, 0) is 18.7 Å². The van der Waals surface area contributed by atoms with E-state index in [-0.39, 0.29) is 5.69 Å². The molecule has 7 nitrogen and oxygen atoms in total. The molecule has 5 N–H and O–H groups in total. The lowest BCUT2D eigenvalue weighted by molar-refractivity contribution is 0.0690. The first-order valence-electron chi connectivity index (χ1n) is 12.8. The molecular formula is C30H35N5O2S. The molecule has 0 spiro atoms. The van der Waals surface area contributed by atoms with Crippen LogP contribution in [0.15, 0.2) is 70.7 Å². The molecule has 0 fully saturated rings. The van der Waals surface area contributed by atoms with Gasteiger partial charge in [0.25, 0.3) is 0 Å². The Kier molecular flexibility index (Phi) is 8.73. The lowest BCUT2D eigenvalue weighted by Gasteiger charge is -2.31. The summed E-state index contributed by atoms with van der Waals surface area (Å²) in [6, 6.07) is 18.0. The predicted molar refractivity (Wildman–Crippen MR) is 158 cm³/mol. The van der Waals surface area contributed by atoms with Gasteiger partial charge in [0.05, 0.1) is 0 Å². The lowest BCUT2D eigenvalue weighted by Crippen LogP contribution is -2.32. The van der Waals surface area contributed by atoms with Crippen molar-refractivity contribution in [2.45, 2.75) is 44.4 Å². The van der Waals surface area contributed by atoms with Crippen LogP contribution in [0.5, 0.6) is 0 Å². The Morgan fingerprint density at radius 3 is 2.68 bits per heavy atom. The number of allylic oxidation sites excluding steroid dienone is 1. The Morgan fingerprint density at radius 1 is 1.18 bits per heavy atom. The van der Waals surface area contributed by atoms with Gasteiger partial charge in [0, 0.05) is 59.0 Å². The molecule has 38 heavy (non-hydrogen) atoms. The molecule has 0 unspecified atom stereocenters. The Hall–Kier alpha value is -3.78. The minimum Gasteiger partial charge on any atom is -0.476 e. The van der Waals surface area contributed by atoms with Crippen molar-refractivity contribution >= 4 is 40.5 Å². The number of carboxylic acids is 1. The summed E-state index contributed by atoms with van der Waals surface area (Å²) in [5.74, 6) is 0.740. The van der Waals surface area contributed by atoms with Crippen molar-refractivity contribution in [2.24, 2.45) is 16.6 Å². The van der Waals surface area contributed by atoms with Crippen molar-refractivity contribution in [3.63, 3.8) is 0 Å². The molecule has 0 radical (unpaired) electrons. The average molecular weight is 530 g/mol. The molecule has 1 aliphatic heterocycles. The van der Waals surface area contributed by atoms with E-state index in [1.54, 1.807) is 17.8 Å². The van der Waals surface area contributed by atoms with Crippen molar-refractivity contribution in [2.75, 3.05) is 23.7 Å². The molecule has 2 heterocycles. The molecule has 3 aromatic rings. The fraction of sp³-hybridized carbons (Fsp3) is 0.300. The second-order valence-corrected chi connectivity index (χ2v) is 10.8. The van der Waals surface area contributed by atoms with E-state index < -0.39 is 5.97 Å². The number of nitrogens with two attached hydrogens (primary N) is 2. The number of carbonyl (C=O) groups is 1. The SMILES string of the molecule is CC(=NCC(C)C)C(=CN)c1ccc(N2CCc3cccc(CSc4ccccc4N)c3C2)nc1C(=O)O. The zero-order chi connectivity index (χ0) is 27.2. The summed E-state index contributed by atoms with van der Waals surface area (Å²) >= 11 is 1.73. The molecule has 1 aliphatic rings. The first-order chi connectivity index (χ1) is 18.3. The van der Waals surface area contributed by atoms with Crippen molar-refractivity contribution in [3.8, 4) is 0 Å². The number of nitrogens with zero attached hydrogens (tertiary/aromatic N) is 3. The Bertz CT molecular complexity index is 1380. The quantitative estimate of drug-likeness (QED) is 0.187. The maximum absolute atomic E-state index is 12.3. The molecule has 0 bridgehead atoms. The molecule has 1 aromatic heterocycles. The fourth-order valence-electron chi connectivity index (χ4n) is 4.56. The fourth-order valence-corrected chi connectivity index (χ4v) is 5.55. The van der Waals surface area contributed by atoms with Gasteiger partial charge in [-0.2, -0.15) is 0 Å². The third-order valence-electron chi connectivity index (χ3n) is 6.62. The maximum Gasteiger partial charge on any atom is 0.355 e. The average Bonchev–Trinajstić information content (AvgIpc) is 2.91. The molecule has 198 valence electrons. The van der Waals surface area contributed by atoms with Gasteiger partial charge in [-0.3, -0.25) is 4.99 Å². The van der Waals surface area contributed by atoms with Gasteiger partial charge in [-0.1, -0.05) is 44.2 Å². The minimum absolute atomic E-state index is 0.0208. The van der Waals surface area contributed by atoms with Gasteiger partial charge in [-0.15, -0.1) is 11.8 Å². The summed E-state index contributed by atoms with van der Waals surface area (Å²) in [5.41, 5.74) is 18.4. The predicted octanol–water partition coefficient (Wildman–Crippen LogP) is 5.63. The number of aromatic carboxylic acids is 1. The lowest BCUT2D eigenvalue weighted by atomic mass is 9.95. The molecule has 8 heteroatoms. The molecule has 0 atom stereocenters. The second kappa shape index (κ2) is 12.2. The van der Waals surface area contributed by atoms with E-state index in [0.717, 1.165) is 29.3 Å². The summed E-state index contributed by atoms with van der Waals surface area (Å²) in [5, 5.41) is 10.0. The highest BCUT2D eigenvalue weighted by Gasteiger charge is 2.24. The van der Waals surface area contributed by atoms with Gasteiger partial charge in [0.2, 0.25) is 0 Å². The number of benzene rings is 2. The Labute approximate surface area is 228 Å². The van der Waals surface area contributed by atoms with Gasteiger partial charge >= 0.3 is 5.97 Å². The van der Waals surface area contributed by atoms with Crippen LogP contribution in [0.2, 0.25) is 0 Å². The number of anilines is 2. The Morgan fingerprint density at radius 2 is 1.97 bits per heavy atom. The Balaban J connectivity index is 1.60. The maximum atomic E-state index is 12.3. The standard InChI is InChI=1S/C30H35N5O2S/c1-19(2)16-33-20(3)24(15-31)23-11-12-28(34-29(23)30(36)37)35-14-13-21-7-6-8-22(25(21)17-35)18-38-27-10-5-4-9-26(27)32/h4-12,15,19H,13-14,16-18,31-32H2,1-3H3,(H,36,37). The number of fused-ring (bicyclic) bond motifs is 1. The van der Waals surface area contributed by atoms with Crippen molar-refractivity contribution in [3.05, 3.63) is 88.7 Å². The zero-order valence-electron chi connectivity index (χ0n) is 22.1. The highest BCUT2D eigenvalue weighted by molar-refractivity contribution is 7.98. The van der Waals surface area contributed by atoms with E-state index in [1.165, 1.54) is 22.9 Å². The summed E-state index contributed by atoms with van der Waals surface area (Å²) in [4.78, 5) is 24.7. The van der Waals surface area contributed by atoms with Gasteiger partial charge in [0.1, 0.15) is 5.82 Å². The molecule has 2 aromatic carbocycles. The number of aromatic nitrogens is 1. The van der Waals surface area contributed by atoms with Crippen LogP contribution in [-0.4, -0.2) is 34.9 Å². The number of nitrogen functional groups attached to an aromatic ring is 1. The molecule has 0 aliphatic carbocycles. The van der Waals surface area contributed by atoms with Crippen LogP contribution in [0.3, 0.4) is 0 Å². The molecule has 0 amide bonds. The highest BCUT2D eigenvalue weighted by atomic mass is 32.2. The third kappa shape index (κ3) is 6.19. The van der Waals surface area contributed by atoms with E-state index in [2.05, 4.69) is 46.9 Å². The number of rotatable bonds is 9. The smallest absolute Gasteiger partial charge is 0.355 e. The van der Waals surface area contributed by atoms with Crippen LogP contribution in [0.4, 0.5) is 11.5 Å². The summed E-state index contributed by atoms with van der Waals surface area (Å²) in [6.07, 6.45) is 2.28. The van der Waals surface area contributed by atoms with Gasteiger partial charge in [-0.25, -0.2) is 9.78 Å². The number of para-hydroxylation sites is 1. The van der Waals surface area contributed by atoms with Crippen LogP contribution >= 0.6 is 11.8 Å². The van der Waals surface area contributed by atoms with Crippen LogP contribution in [0.25, 0.3) is 5.57 Å². The van der Waals surface area contributed by atoms with E-state index >= 15 is 0 Å². The van der Waals surface area contributed by atoms with Crippen LogP contribution in [0, 0.1) is 5.92 Å². The number of aliphatic imine (C=N–C) groups is 1. The molecule has 0 saturated heterocycles. The monoisotopic (exact) mass is 529 g/mol. The number of pyridine rings is 1. The first kappa shape index (κ1) is 27.3. The van der Waals surface area contributed by atoms with E-state index in [1.807, 2.05) is 37.3 Å². The third-order valence-corrected chi connectivity index (χ3v) is 7.76. The minimum atomic E-state index is -1.09. The summed E-state index contributed by atoms with van der Waals surface area (Å²) in [7, 11) is 0. The second-order valence-electron chi connectivity index (χ2n) is 9.82. The van der Waals surface area contributed by atoms with Crippen LogP contribution in [0.1, 0.15) is 53.5 Å². The summed E-state index contributed by atoms with van der Waals surface area (Å²) < 4.78 is 0.